The molecule has 0 bridgehead atoms. The van der Waals surface area contributed by atoms with Crippen LogP contribution in [0, 0.1) is 29.6 Å². The van der Waals surface area contributed by atoms with Crippen LogP contribution in [0.5, 0.6) is 0 Å². The van der Waals surface area contributed by atoms with Gasteiger partial charge in [-0.3, -0.25) is 0 Å². The van der Waals surface area contributed by atoms with Gasteiger partial charge in [0.1, 0.15) is 0 Å². The zero-order valence-electron chi connectivity index (χ0n) is 8.53. The Morgan fingerprint density at radius 1 is 1.31 bits per heavy atom. The van der Waals surface area contributed by atoms with Gasteiger partial charge in [-0.2, -0.15) is 0 Å². The van der Waals surface area contributed by atoms with Crippen molar-refractivity contribution in [2.75, 3.05) is 0 Å². The van der Waals surface area contributed by atoms with Crippen LogP contribution < -0.4 is 0 Å². The fourth-order valence-corrected chi connectivity index (χ4v) is 3.47. The number of rotatable bonds is 1. The van der Waals surface area contributed by atoms with Crippen molar-refractivity contribution in [1.29, 1.82) is 0 Å². The van der Waals surface area contributed by atoms with E-state index >= 15 is 0 Å². The van der Waals surface area contributed by atoms with Gasteiger partial charge in [0.25, 0.3) is 0 Å². The standard InChI is InChI=1S/C13H18/c1-8(2)10-4-3-5-11-12-6-9(12)7-13(10)11/h3-5,8-9,11-13H,6-7H2,1-2H3. The molecule has 13 heavy (non-hydrogen) atoms. The highest BCUT2D eigenvalue weighted by atomic mass is 14.6. The molecule has 3 aliphatic carbocycles. The lowest BCUT2D eigenvalue weighted by molar-refractivity contribution is 0.419. The predicted octanol–water partition coefficient (Wildman–Crippen LogP) is 3.41. The third kappa shape index (κ3) is 1.04. The number of fused-ring (bicyclic) bond motifs is 3. The van der Waals surface area contributed by atoms with E-state index in [1.165, 1.54) is 12.8 Å². The second-order valence-corrected chi connectivity index (χ2v) is 5.29. The maximum absolute atomic E-state index is 2.47. The van der Waals surface area contributed by atoms with E-state index in [-0.39, 0.29) is 0 Å². The van der Waals surface area contributed by atoms with Crippen molar-refractivity contribution in [2.45, 2.75) is 26.7 Å². The van der Waals surface area contributed by atoms with Crippen molar-refractivity contribution < 1.29 is 0 Å². The molecular formula is C13H18. The van der Waals surface area contributed by atoms with Crippen molar-refractivity contribution in [3.05, 3.63) is 23.8 Å². The van der Waals surface area contributed by atoms with Gasteiger partial charge in [0.05, 0.1) is 0 Å². The second-order valence-electron chi connectivity index (χ2n) is 5.29. The molecule has 3 aliphatic rings. The fourth-order valence-electron chi connectivity index (χ4n) is 3.47. The first-order chi connectivity index (χ1) is 6.27. The smallest absolute Gasteiger partial charge is 0.0129 e. The Morgan fingerprint density at radius 2 is 2.15 bits per heavy atom. The van der Waals surface area contributed by atoms with E-state index in [9.17, 15) is 0 Å². The number of hydrogen-bond acceptors (Lipinski definition) is 0. The largest absolute Gasteiger partial charge is 0.0805 e. The molecule has 0 aromatic heterocycles. The molecule has 0 heterocycles. The molecule has 0 amide bonds. The van der Waals surface area contributed by atoms with E-state index in [0.29, 0.717) is 0 Å². The average molecular weight is 174 g/mol. The van der Waals surface area contributed by atoms with Gasteiger partial charge in [0.2, 0.25) is 0 Å². The van der Waals surface area contributed by atoms with Crippen LogP contribution in [0.1, 0.15) is 26.7 Å². The van der Waals surface area contributed by atoms with Gasteiger partial charge in [-0.25, -0.2) is 0 Å². The summed E-state index contributed by atoms with van der Waals surface area (Å²) < 4.78 is 0. The van der Waals surface area contributed by atoms with Crippen molar-refractivity contribution in [1.82, 2.24) is 0 Å². The SMILES string of the molecule is CC(C)C1=CC=CC2C1CC1CC12. The minimum absolute atomic E-state index is 0.759. The van der Waals surface area contributed by atoms with E-state index in [2.05, 4.69) is 32.1 Å². The lowest BCUT2D eigenvalue weighted by Crippen LogP contribution is -2.18. The third-order valence-electron chi connectivity index (χ3n) is 4.21. The molecular weight excluding hydrogens is 156 g/mol. The molecule has 70 valence electrons. The first kappa shape index (κ1) is 7.84. The molecule has 4 atom stereocenters. The second kappa shape index (κ2) is 2.50. The first-order valence-electron chi connectivity index (χ1n) is 5.65. The number of hydrogen-bond donors (Lipinski definition) is 0. The molecule has 4 unspecified atom stereocenters. The monoisotopic (exact) mass is 174 g/mol. The van der Waals surface area contributed by atoms with Gasteiger partial charge in [0.15, 0.2) is 0 Å². The van der Waals surface area contributed by atoms with Crippen LogP contribution in [0.3, 0.4) is 0 Å². The normalized spacial score (nSPS) is 45.9. The predicted molar refractivity (Wildman–Crippen MR) is 55.3 cm³/mol. The Kier molecular flexibility index (Phi) is 1.51. The van der Waals surface area contributed by atoms with Gasteiger partial charge >= 0.3 is 0 Å². The maximum atomic E-state index is 2.47. The molecule has 0 radical (unpaired) electrons. The summed E-state index contributed by atoms with van der Waals surface area (Å²) in [6, 6.07) is 0. The van der Waals surface area contributed by atoms with Crippen LogP contribution in [-0.2, 0) is 0 Å². The van der Waals surface area contributed by atoms with Crippen LogP contribution in [0.2, 0.25) is 0 Å². The highest BCUT2D eigenvalue weighted by molar-refractivity contribution is 5.29. The number of allylic oxidation sites excluding steroid dienone is 4. The van der Waals surface area contributed by atoms with Crippen molar-refractivity contribution in [3.63, 3.8) is 0 Å². The molecule has 3 rings (SSSR count). The van der Waals surface area contributed by atoms with Crippen molar-refractivity contribution in [3.8, 4) is 0 Å². The molecule has 0 spiro atoms. The van der Waals surface area contributed by atoms with E-state index in [4.69, 9.17) is 0 Å². The minimum Gasteiger partial charge on any atom is -0.0805 e. The zero-order valence-corrected chi connectivity index (χ0v) is 8.53. The molecule has 0 aromatic rings. The van der Waals surface area contributed by atoms with Gasteiger partial charge < -0.3 is 0 Å². The molecule has 0 heteroatoms. The summed E-state index contributed by atoms with van der Waals surface area (Å²) in [4.78, 5) is 0. The molecule has 0 nitrogen and oxygen atoms in total. The fraction of sp³-hybridized carbons (Fsp3) is 0.692. The Labute approximate surface area is 80.7 Å². The average Bonchev–Trinajstić information content (AvgIpc) is 2.78. The molecule has 0 aromatic carbocycles. The summed E-state index contributed by atoms with van der Waals surface area (Å²) in [5.74, 6) is 4.78. The van der Waals surface area contributed by atoms with Crippen LogP contribution in [0.25, 0.3) is 0 Å². The van der Waals surface area contributed by atoms with Gasteiger partial charge in [-0.15, -0.1) is 0 Å². The topological polar surface area (TPSA) is 0 Å². The van der Waals surface area contributed by atoms with Crippen LogP contribution in [-0.4, -0.2) is 0 Å². The summed E-state index contributed by atoms with van der Waals surface area (Å²) in [5, 5.41) is 0. The maximum Gasteiger partial charge on any atom is -0.0129 e. The third-order valence-corrected chi connectivity index (χ3v) is 4.21. The van der Waals surface area contributed by atoms with E-state index in [1.54, 1.807) is 5.57 Å². The van der Waals surface area contributed by atoms with Crippen molar-refractivity contribution in [2.24, 2.45) is 29.6 Å². The summed E-state index contributed by atoms with van der Waals surface area (Å²) in [7, 11) is 0. The Balaban J connectivity index is 1.90. The molecule has 0 aliphatic heterocycles. The molecule has 2 fully saturated rings. The molecule has 0 saturated heterocycles. The first-order valence-corrected chi connectivity index (χ1v) is 5.65. The summed E-state index contributed by atoms with van der Waals surface area (Å²) in [6.07, 6.45) is 10.2. The van der Waals surface area contributed by atoms with E-state index in [0.717, 1.165) is 29.6 Å². The van der Waals surface area contributed by atoms with Crippen molar-refractivity contribution >= 4 is 0 Å². The van der Waals surface area contributed by atoms with Gasteiger partial charge in [0, 0.05) is 0 Å². The Bertz CT molecular complexity index is 282. The van der Waals surface area contributed by atoms with Gasteiger partial charge in [-0.05, 0) is 42.4 Å². The van der Waals surface area contributed by atoms with Crippen LogP contribution in [0.4, 0.5) is 0 Å². The summed E-state index contributed by atoms with van der Waals surface area (Å²) >= 11 is 0. The lowest BCUT2D eigenvalue weighted by atomic mass is 9.77. The van der Waals surface area contributed by atoms with Crippen LogP contribution in [0.15, 0.2) is 23.8 Å². The van der Waals surface area contributed by atoms with E-state index < -0.39 is 0 Å². The van der Waals surface area contributed by atoms with Gasteiger partial charge in [-0.1, -0.05) is 37.6 Å². The molecule has 0 N–H and O–H groups in total. The highest BCUT2D eigenvalue weighted by Crippen LogP contribution is 2.61. The molecule has 2 saturated carbocycles. The lowest BCUT2D eigenvalue weighted by Gasteiger charge is -2.28. The zero-order chi connectivity index (χ0) is 9.00. The quantitative estimate of drug-likeness (QED) is 0.571. The Morgan fingerprint density at radius 3 is 2.92 bits per heavy atom. The highest BCUT2D eigenvalue weighted by Gasteiger charge is 2.53. The minimum atomic E-state index is 0.759. The summed E-state index contributed by atoms with van der Waals surface area (Å²) in [5.41, 5.74) is 1.72. The Hall–Kier alpha value is -0.520. The van der Waals surface area contributed by atoms with E-state index in [1.807, 2.05) is 0 Å². The van der Waals surface area contributed by atoms with Crippen LogP contribution >= 0.6 is 0 Å². The summed E-state index contributed by atoms with van der Waals surface area (Å²) in [6.45, 7) is 4.68.